The van der Waals surface area contributed by atoms with Crippen LogP contribution in [0.1, 0.15) is 43.9 Å². The average Bonchev–Trinajstić information content (AvgIpc) is 2.71. The minimum Gasteiger partial charge on any atom is -0.330 e. The first kappa shape index (κ1) is 12.6. The van der Waals surface area contributed by atoms with Crippen molar-refractivity contribution in [1.82, 2.24) is 0 Å². The molecule has 0 bridgehead atoms. The summed E-state index contributed by atoms with van der Waals surface area (Å²) < 4.78 is 0. The molecule has 0 amide bonds. The molecule has 94 valence electrons. The number of hydrogen-bond acceptors (Lipinski definition) is 1. The van der Waals surface area contributed by atoms with Crippen LogP contribution >= 0.6 is 0 Å². The molecule has 0 spiro atoms. The van der Waals surface area contributed by atoms with Crippen LogP contribution in [-0.2, 0) is 19.3 Å². The van der Waals surface area contributed by atoms with Crippen LogP contribution in [-0.4, -0.2) is 6.54 Å². The molecule has 1 aliphatic carbocycles. The Morgan fingerprint density at radius 3 is 2.53 bits per heavy atom. The summed E-state index contributed by atoms with van der Waals surface area (Å²) in [6.45, 7) is 7.65. The van der Waals surface area contributed by atoms with E-state index in [0.29, 0.717) is 11.3 Å². The molecule has 1 atom stereocenters. The van der Waals surface area contributed by atoms with E-state index in [1.807, 2.05) is 0 Å². The van der Waals surface area contributed by atoms with E-state index < -0.39 is 0 Å². The molecule has 0 saturated heterocycles. The van der Waals surface area contributed by atoms with Gasteiger partial charge in [-0.25, -0.2) is 0 Å². The first-order valence-corrected chi connectivity index (χ1v) is 6.81. The van der Waals surface area contributed by atoms with Gasteiger partial charge in [0.05, 0.1) is 0 Å². The van der Waals surface area contributed by atoms with E-state index in [1.54, 1.807) is 11.1 Å². The summed E-state index contributed by atoms with van der Waals surface area (Å²) in [5, 5.41) is 0. The Kier molecular flexibility index (Phi) is 3.58. The Balaban J connectivity index is 2.13. The van der Waals surface area contributed by atoms with Crippen LogP contribution in [0.4, 0.5) is 0 Å². The maximum Gasteiger partial charge on any atom is -0.00407 e. The monoisotopic (exact) mass is 231 g/mol. The normalized spacial score (nSPS) is 16.9. The van der Waals surface area contributed by atoms with Crippen molar-refractivity contribution >= 4 is 0 Å². The van der Waals surface area contributed by atoms with Crippen LogP contribution in [0.15, 0.2) is 18.2 Å². The third kappa shape index (κ3) is 2.90. The van der Waals surface area contributed by atoms with E-state index in [0.717, 1.165) is 13.0 Å². The van der Waals surface area contributed by atoms with Gasteiger partial charge in [-0.2, -0.15) is 0 Å². The number of hydrogen-bond donors (Lipinski definition) is 1. The molecule has 0 saturated carbocycles. The standard InChI is InChI=1S/C16H25N/c1-16(2,3)15(11-17)10-12-7-8-13-5-4-6-14(13)9-12/h7-9,15H,4-6,10-11,17H2,1-3H3. The van der Waals surface area contributed by atoms with Gasteiger partial charge in [0.25, 0.3) is 0 Å². The number of nitrogens with two attached hydrogens (primary N) is 1. The number of rotatable bonds is 3. The van der Waals surface area contributed by atoms with Crippen molar-refractivity contribution in [2.75, 3.05) is 6.54 Å². The lowest BCUT2D eigenvalue weighted by molar-refractivity contribution is 0.246. The van der Waals surface area contributed by atoms with Gasteiger partial charge >= 0.3 is 0 Å². The van der Waals surface area contributed by atoms with Crippen molar-refractivity contribution in [3.63, 3.8) is 0 Å². The van der Waals surface area contributed by atoms with Gasteiger partial charge in [0, 0.05) is 0 Å². The van der Waals surface area contributed by atoms with E-state index in [2.05, 4.69) is 39.0 Å². The summed E-state index contributed by atoms with van der Waals surface area (Å²) in [7, 11) is 0. The van der Waals surface area contributed by atoms with Gasteiger partial charge in [0.2, 0.25) is 0 Å². The second-order valence-electron chi connectivity index (χ2n) is 6.46. The molecular formula is C16H25N. The first-order valence-electron chi connectivity index (χ1n) is 6.81. The van der Waals surface area contributed by atoms with Crippen molar-refractivity contribution in [2.45, 2.75) is 46.5 Å². The predicted octanol–water partition coefficient (Wildman–Crippen LogP) is 3.34. The van der Waals surface area contributed by atoms with Crippen molar-refractivity contribution < 1.29 is 0 Å². The molecular weight excluding hydrogens is 206 g/mol. The topological polar surface area (TPSA) is 26.0 Å². The quantitative estimate of drug-likeness (QED) is 0.848. The average molecular weight is 231 g/mol. The zero-order chi connectivity index (χ0) is 12.5. The fourth-order valence-corrected chi connectivity index (χ4v) is 2.78. The van der Waals surface area contributed by atoms with E-state index in [1.165, 1.54) is 24.8 Å². The molecule has 0 aromatic heterocycles. The Morgan fingerprint density at radius 2 is 1.88 bits per heavy atom. The molecule has 1 nitrogen and oxygen atoms in total. The highest BCUT2D eigenvalue weighted by Crippen LogP contribution is 2.30. The minimum absolute atomic E-state index is 0.299. The molecule has 2 rings (SSSR count). The Labute approximate surface area is 105 Å². The lowest BCUT2D eigenvalue weighted by Gasteiger charge is -2.29. The van der Waals surface area contributed by atoms with Crippen molar-refractivity contribution in [2.24, 2.45) is 17.1 Å². The molecule has 2 N–H and O–H groups in total. The summed E-state index contributed by atoms with van der Waals surface area (Å²) in [6.07, 6.45) is 4.99. The summed E-state index contributed by atoms with van der Waals surface area (Å²) >= 11 is 0. The Morgan fingerprint density at radius 1 is 1.18 bits per heavy atom. The molecule has 1 aliphatic rings. The molecule has 1 aromatic rings. The van der Waals surface area contributed by atoms with Gasteiger partial charge in [-0.3, -0.25) is 0 Å². The van der Waals surface area contributed by atoms with Gasteiger partial charge in [-0.15, -0.1) is 0 Å². The molecule has 0 aliphatic heterocycles. The van der Waals surface area contributed by atoms with Gasteiger partial charge in [0.1, 0.15) is 0 Å². The smallest absolute Gasteiger partial charge is 0.00407 e. The molecule has 0 heterocycles. The minimum atomic E-state index is 0.299. The fraction of sp³-hybridized carbons (Fsp3) is 0.625. The molecule has 0 fully saturated rings. The molecule has 17 heavy (non-hydrogen) atoms. The van der Waals surface area contributed by atoms with E-state index in [-0.39, 0.29) is 0 Å². The number of aryl methyl sites for hydroxylation is 2. The van der Waals surface area contributed by atoms with E-state index in [4.69, 9.17) is 5.73 Å². The molecule has 1 aromatic carbocycles. The van der Waals surface area contributed by atoms with Gasteiger partial charge in [-0.05, 0) is 60.3 Å². The fourth-order valence-electron chi connectivity index (χ4n) is 2.78. The highest BCUT2D eigenvalue weighted by atomic mass is 14.6. The lowest BCUT2D eigenvalue weighted by Crippen LogP contribution is -2.29. The highest BCUT2D eigenvalue weighted by molar-refractivity contribution is 5.35. The van der Waals surface area contributed by atoms with E-state index in [9.17, 15) is 0 Å². The van der Waals surface area contributed by atoms with Crippen LogP contribution in [0, 0.1) is 11.3 Å². The van der Waals surface area contributed by atoms with Crippen molar-refractivity contribution in [3.8, 4) is 0 Å². The van der Waals surface area contributed by atoms with Gasteiger partial charge in [-0.1, -0.05) is 39.0 Å². The second-order valence-corrected chi connectivity index (χ2v) is 6.46. The third-order valence-electron chi connectivity index (χ3n) is 4.15. The number of fused-ring (bicyclic) bond motifs is 1. The third-order valence-corrected chi connectivity index (χ3v) is 4.15. The largest absolute Gasteiger partial charge is 0.330 e. The van der Waals surface area contributed by atoms with Gasteiger partial charge in [0.15, 0.2) is 0 Å². The van der Waals surface area contributed by atoms with Gasteiger partial charge < -0.3 is 5.73 Å². The van der Waals surface area contributed by atoms with Crippen molar-refractivity contribution in [1.29, 1.82) is 0 Å². The molecule has 1 unspecified atom stereocenters. The second kappa shape index (κ2) is 4.81. The summed E-state index contributed by atoms with van der Waals surface area (Å²) in [5.74, 6) is 0.571. The summed E-state index contributed by atoms with van der Waals surface area (Å²) in [6, 6.07) is 7.04. The van der Waals surface area contributed by atoms with Crippen molar-refractivity contribution in [3.05, 3.63) is 34.9 Å². The van der Waals surface area contributed by atoms with Crippen LogP contribution in [0.3, 0.4) is 0 Å². The Bertz CT molecular complexity index is 387. The summed E-state index contributed by atoms with van der Waals surface area (Å²) in [4.78, 5) is 0. The number of benzene rings is 1. The zero-order valence-corrected chi connectivity index (χ0v) is 11.4. The van der Waals surface area contributed by atoms with Crippen LogP contribution in [0.5, 0.6) is 0 Å². The van der Waals surface area contributed by atoms with E-state index >= 15 is 0 Å². The Hall–Kier alpha value is -0.820. The van der Waals surface area contributed by atoms with Crippen LogP contribution in [0.25, 0.3) is 0 Å². The maximum atomic E-state index is 5.92. The highest BCUT2D eigenvalue weighted by Gasteiger charge is 2.23. The predicted molar refractivity (Wildman–Crippen MR) is 74.2 cm³/mol. The van der Waals surface area contributed by atoms with Crippen LogP contribution in [0.2, 0.25) is 0 Å². The van der Waals surface area contributed by atoms with Crippen LogP contribution < -0.4 is 5.73 Å². The SMILES string of the molecule is CC(C)(C)C(CN)Cc1ccc2c(c1)CCC2. The first-order chi connectivity index (χ1) is 8.00. The molecule has 1 heteroatoms. The zero-order valence-electron chi connectivity index (χ0n) is 11.4. The maximum absolute atomic E-state index is 5.92. The molecule has 0 radical (unpaired) electrons. The summed E-state index contributed by atoms with van der Waals surface area (Å²) in [5.41, 5.74) is 10.8. The lowest BCUT2D eigenvalue weighted by atomic mass is 9.77.